The minimum Gasteiger partial charge on any atom is -0.493 e. The molecule has 0 radical (unpaired) electrons. The molecule has 0 aliphatic carbocycles. The molecule has 0 bridgehead atoms. The lowest BCUT2D eigenvalue weighted by Crippen LogP contribution is -2.47. The maximum Gasteiger partial charge on any atom is 0.339 e. The molecule has 43 heavy (non-hydrogen) atoms. The molecule has 3 aromatic rings. The molecule has 1 amide bonds. The number of rotatable bonds is 15. The highest BCUT2D eigenvalue weighted by molar-refractivity contribution is 6.10. The number of carbonyl (C=O) groups is 2. The van der Waals surface area contributed by atoms with E-state index >= 15 is 0 Å². The van der Waals surface area contributed by atoms with Crippen molar-refractivity contribution in [3.05, 3.63) is 77.9 Å². The number of nitrogens with one attached hydrogen (secondary N) is 1. The summed E-state index contributed by atoms with van der Waals surface area (Å²) < 4.78 is 17.0. The van der Waals surface area contributed by atoms with Crippen LogP contribution in [-0.4, -0.2) is 93.0 Å². The lowest BCUT2D eigenvalue weighted by molar-refractivity contribution is 0.0602. The summed E-state index contributed by atoms with van der Waals surface area (Å²) in [7, 11) is 1.32. The van der Waals surface area contributed by atoms with Crippen LogP contribution in [0, 0.1) is 0 Å². The molecule has 1 aliphatic rings. The third-order valence-electron chi connectivity index (χ3n) is 7.50. The molecule has 9 heteroatoms. The molecule has 0 saturated carbocycles. The van der Waals surface area contributed by atoms with Gasteiger partial charge in [0, 0.05) is 45.9 Å². The number of esters is 1. The topological polar surface area (TPSA) is 101 Å². The minimum absolute atomic E-state index is 0.225. The highest BCUT2D eigenvalue weighted by atomic mass is 16.5. The van der Waals surface area contributed by atoms with E-state index in [1.54, 1.807) is 24.3 Å². The zero-order valence-corrected chi connectivity index (χ0v) is 25.2. The van der Waals surface area contributed by atoms with E-state index in [1.165, 1.54) is 7.11 Å². The van der Waals surface area contributed by atoms with Crippen molar-refractivity contribution in [3.63, 3.8) is 0 Å². The first-order valence-electron chi connectivity index (χ1n) is 15.1. The molecule has 3 aromatic carbocycles. The molecule has 9 nitrogen and oxygen atoms in total. The molecular formula is C34H43N3O6. The Balaban J connectivity index is 1.49. The van der Waals surface area contributed by atoms with Crippen LogP contribution in [0.25, 0.3) is 11.1 Å². The van der Waals surface area contributed by atoms with E-state index in [4.69, 9.17) is 19.3 Å². The number of amides is 1. The largest absolute Gasteiger partial charge is 0.493 e. The summed E-state index contributed by atoms with van der Waals surface area (Å²) in [4.78, 5) is 31.0. The van der Waals surface area contributed by atoms with Crippen LogP contribution < -0.4 is 14.8 Å². The molecule has 2 N–H and O–H groups in total. The molecule has 0 aromatic heterocycles. The van der Waals surface area contributed by atoms with Gasteiger partial charge >= 0.3 is 5.97 Å². The molecule has 230 valence electrons. The molecule has 4 rings (SSSR count). The number of ether oxygens (including phenoxy) is 3. The van der Waals surface area contributed by atoms with Gasteiger partial charge in [0.25, 0.3) is 5.91 Å². The zero-order valence-electron chi connectivity index (χ0n) is 25.2. The number of piperazine rings is 1. The summed E-state index contributed by atoms with van der Waals surface area (Å²) in [6.07, 6.45) is 2.63. The predicted molar refractivity (Wildman–Crippen MR) is 168 cm³/mol. The number of hydrogen-bond acceptors (Lipinski definition) is 8. The molecule has 0 unspecified atom stereocenters. The minimum atomic E-state index is -0.541. The Labute approximate surface area is 254 Å². The summed E-state index contributed by atoms with van der Waals surface area (Å²) in [6.45, 7) is 8.85. The van der Waals surface area contributed by atoms with Crippen LogP contribution in [0.4, 0.5) is 5.69 Å². The third kappa shape index (κ3) is 9.28. The number of hydrogen-bond donors (Lipinski definition) is 2. The van der Waals surface area contributed by atoms with E-state index in [0.717, 1.165) is 69.7 Å². The Bertz CT molecular complexity index is 1320. The summed E-state index contributed by atoms with van der Waals surface area (Å²) in [5, 5.41) is 12.0. The van der Waals surface area contributed by atoms with Crippen LogP contribution in [0.5, 0.6) is 11.5 Å². The lowest BCUT2D eigenvalue weighted by atomic mass is 10.0. The fourth-order valence-corrected chi connectivity index (χ4v) is 4.99. The van der Waals surface area contributed by atoms with Crippen molar-refractivity contribution in [3.8, 4) is 22.6 Å². The summed E-state index contributed by atoms with van der Waals surface area (Å²) >= 11 is 0. The SMILES string of the molecule is CCCCOc1ccc(OCCN2CCN(CCCO)CC2)cc1C(=O)Nc1cc(-c2ccccc2)ccc1C(=O)OC. The Morgan fingerprint density at radius 2 is 1.56 bits per heavy atom. The molecule has 1 heterocycles. The standard InChI is InChI=1S/C34H43N3O6/c1-3-4-22-43-32-14-12-28(42-23-20-37-18-16-36(17-19-37)15-8-21-38)25-30(32)33(39)35-31-24-27(26-9-6-5-7-10-26)11-13-29(31)34(40)41-2/h5-7,9-14,24-25,38H,3-4,8,15-23H2,1-2H3,(H,35,39). The van der Waals surface area contributed by atoms with Gasteiger partial charge in [0.15, 0.2) is 0 Å². The maximum absolute atomic E-state index is 13.7. The molecular weight excluding hydrogens is 546 g/mol. The number of benzene rings is 3. The van der Waals surface area contributed by atoms with Crippen molar-refractivity contribution < 1.29 is 28.9 Å². The number of unbranched alkanes of at least 4 members (excludes halogenated alkanes) is 1. The van der Waals surface area contributed by atoms with Crippen molar-refractivity contribution in [2.45, 2.75) is 26.2 Å². The monoisotopic (exact) mass is 589 g/mol. The van der Waals surface area contributed by atoms with Crippen LogP contribution >= 0.6 is 0 Å². The first-order valence-corrected chi connectivity index (χ1v) is 15.1. The smallest absolute Gasteiger partial charge is 0.339 e. The van der Waals surface area contributed by atoms with Crippen LogP contribution in [0.3, 0.4) is 0 Å². The Morgan fingerprint density at radius 1 is 0.814 bits per heavy atom. The number of methoxy groups -OCH3 is 1. The van der Waals surface area contributed by atoms with Crippen LogP contribution in [0.15, 0.2) is 66.7 Å². The van der Waals surface area contributed by atoms with Crippen molar-refractivity contribution in [1.82, 2.24) is 9.80 Å². The van der Waals surface area contributed by atoms with Crippen LogP contribution in [0.1, 0.15) is 46.9 Å². The number of aliphatic hydroxyl groups is 1. The van der Waals surface area contributed by atoms with Crippen molar-refractivity contribution in [2.24, 2.45) is 0 Å². The predicted octanol–water partition coefficient (Wildman–Crippen LogP) is 4.95. The van der Waals surface area contributed by atoms with E-state index in [-0.39, 0.29) is 12.2 Å². The van der Waals surface area contributed by atoms with Gasteiger partial charge in [-0.25, -0.2) is 4.79 Å². The first kappa shape index (κ1) is 32.0. The van der Waals surface area contributed by atoms with E-state index in [2.05, 4.69) is 22.0 Å². The van der Waals surface area contributed by atoms with Crippen molar-refractivity contribution in [2.75, 3.05) is 71.5 Å². The van der Waals surface area contributed by atoms with Gasteiger partial charge in [0.1, 0.15) is 18.1 Å². The van der Waals surface area contributed by atoms with Gasteiger partial charge in [0.05, 0.1) is 30.5 Å². The third-order valence-corrected chi connectivity index (χ3v) is 7.50. The lowest BCUT2D eigenvalue weighted by Gasteiger charge is -2.34. The second kappa shape index (κ2) is 16.6. The van der Waals surface area contributed by atoms with Crippen molar-refractivity contribution in [1.29, 1.82) is 0 Å². The number of nitrogens with zero attached hydrogens (tertiary/aromatic N) is 2. The van der Waals surface area contributed by atoms with Crippen molar-refractivity contribution >= 4 is 17.6 Å². The summed E-state index contributed by atoms with van der Waals surface area (Å²) in [6, 6.07) is 20.3. The number of carbonyl (C=O) groups excluding carboxylic acids is 2. The molecule has 1 aliphatic heterocycles. The highest BCUT2D eigenvalue weighted by Gasteiger charge is 2.20. The van der Waals surface area contributed by atoms with Gasteiger partial charge in [-0.05, 0) is 54.3 Å². The summed E-state index contributed by atoms with van der Waals surface area (Å²) in [5.41, 5.74) is 2.75. The van der Waals surface area contributed by atoms with E-state index in [9.17, 15) is 9.59 Å². The van der Waals surface area contributed by atoms with Gasteiger partial charge in [-0.3, -0.25) is 9.69 Å². The van der Waals surface area contributed by atoms with E-state index in [0.29, 0.717) is 36.0 Å². The van der Waals surface area contributed by atoms with E-state index in [1.807, 2.05) is 42.5 Å². The van der Waals surface area contributed by atoms with Crippen LogP contribution in [-0.2, 0) is 4.74 Å². The quantitative estimate of drug-likeness (QED) is 0.190. The average molecular weight is 590 g/mol. The van der Waals surface area contributed by atoms with Gasteiger partial charge in [0.2, 0.25) is 0 Å². The zero-order chi connectivity index (χ0) is 30.4. The van der Waals surface area contributed by atoms with Gasteiger partial charge < -0.3 is 29.5 Å². The van der Waals surface area contributed by atoms with Gasteiger partial charge in [-0.1, -0.05) is 49.7 Å². The van der Waals surface area contributed by atoms with Crippen LogP contribution in [0.2, 0.25) is 0 Å². The normalized spacial score (nSPS) is 13.8. The fraction of sp³-hybridized carbons (Fsp3) is 0.412. The fourth-order valence-electron chi connectivity index (χ4n) is 4.99. The van der Waals surface area contributed by atoms with E-state index < -0.39 is 11.9 Å². The molecule has 0 atom stereocenters. The number of anilines is 1. The second-order valence-corrected chi connectivity index (χ2v) is 10.5. The maximum atomic E-state index is 13.7. The Morgan fingerprint density at radius 3 is 2.26 bits per heavy atom. The number of aliphatic hydroxyl groups excluding tert-OH is 1. The Kier molecular flexibility index (Phi) is 12.4. The Hall–Kier alpha value is -3.92. The van der Waals surface area contributed by atoms with Gasteiger partial charge in [-0.15, -0.1) is 0 Å². The molecule has 1 fully saturated rings. The second-order valence-electron chi connectivity index (χ2n) is 10.5. The molecule has 1 saturated heterocycles. The summed E-state index contributed by atoms with van der Waals surface area (Å²) in [5.74, 6) is 0.0730. The highest BCUT2D eigenvalue weighted by Crippen LogP contribution is 2.29. The first-order chi connectivity index (χ1) is 21.0. The molecule has 0 spiro atoms. The average Bonchev–Trinajstić information content (AvgIpc) is 3.05. The van der Waals surface area contributed by atoms with Gasteiger partial charge in [-0.2, -0.15) is 0 Å².